The fourth-order valence-corrected chi connectivity index (χ4v) is 2.96. The summed E-state index contributed by atoms with van der Waals surface area (Å²) in [6.07, 6.45) is 5.17. The van der Waals surface area contributed by atoms with E-state index in [0.29, 0.717) is 0 Å². The van der Waals surface area contributed by atoms with E-state index in [1.807, 2.05) is 6.07 Å². The predicted molar refractivity (Wildman–Crippen MR) is 79.1 cm³/mol. The van der Waals surface area contributed by atoms with Gasteiger partial charge in [-0.3, -0.25) is 0 Å². The number of hydrogen-bond acceptors (Lipinski definition) is 1. The van der Waals surface area contributed by atoms with Gasteiger partial charge in [0.1, 0.15) is 0 Å². The van der Waals surface area contributed by atoms with E-state index in [1.54, 1.807) is 0 Å². The maximum absolute atomic E-state index is 10.1. The highest BCUT2D eigenvalue weighted by molar-refractivity contribution is 5.62. The molecule has 1 atom stereocenters. The lowest BCUT2D eigenvalue weighted by molar-refractivity contribution is 0.219. The molecule has 0 heterocycles. The second-order valence-corrected chi connectivity index (χ2v) is 5.30. The van der Waals surface area contributed by atoms with Gasteiger partial charge in [0.2, 0.25) is 0 Å². The average Bonchev–Trinajstić information content (AvgIpc) is 2.47. The molecule has 1 aliphatic rings. The smallest absolute Gasteiger partial charge is 0.0571 e. The van der Waals surface area contributed by atoms with E-state index in [-0.39, 0.29) is 12.0 Å². The van der Waals surface area contributed by atoms with Crippen molar-refractivity contribution in [2.24, 2.45) is 0 Å². The molecule has 0 unspecified atom stereocenters. The number of aliphatic hydroxyl groups excluding tert-OH is 1. The molecule has 2 aromatic rings. The standard InChI is InChI=1S/C18H18O/c1-14-8-10-16(11-9-14)18(13-19)12-4-6-15-5-2-3-7-17(15)18/h2-11,19H,12-13H2,1H3/t18-/m0/s1. The van der Waals surface area contributed by atoms with E-state index in [0.717, 1.165) is 6.42 Å². The summed E-state index contributed by atoms with van der Waals surface area (Å²) < 4.78 is 0. The normalized spacial score (nSPS) is 21.2. The van der Waals surface area contributed by atoms with Crippen molar-refractivity contribution < 1.29 is 5.11 Å². The molecule has 0 fully saturated rings. The summed E-state index contributed by atoms with van der Waals surface area (Å²) >= 11 is 0. The number of hydrogen-bond donors (Lipinski definition) is 1. The molecule has 1 N–H and O–H groups in total. The Bertz CT molecular complexity index is 610. The van der Waals surface area contributed by atoms with Crippen molar-refractivity contribution in [1.29, 1.82) is 0 Å². The van der Waals surface area contributed by atoms with Gasteiger partial charge in [-0.05, 0) is 30.0 Å². The van der Waals surface area contributed by atoms with Gasteiger partial charge in [0.15, 0.2) is 0 Å². The maximum Gasteiger partial charge on any atom is 0.0571 e. The third-order valence-corrected chi connectivity index (χ3v) is 4.11. The molecule has 0 saturated heterocycles. The highest BCUT2D eigenvalue weighted by Gasteiger charge is 2.35. The fraction of sp³-hybridized carbons (Fsp3) is 0.222. The van der Waals surface area contributed by atoms with E-state index < -0.39 is 0 Å². The molecule has 0 amide bonds. The first kappa shape index (κ1) is 12.2. The molecule has 1 heteroatoms. The fourth-order valence-electron chi connectivity index (χ4n) is 2.96. The van der Waals surface area contributed by atoms with E-state index in [4.69, 9.17) is 0 Å². The minimum absolute atomic E-state index is 0.136. The molecule has 0 spiro atoms. The first-order valence-corrected chi connectivity index (χ1v) is 6.70. The molecule has 0 aromatic heterocycles. The molecular weight excluding hydrogens is 232 g/mol. The van der Waals surface area contributed by atoms with E-state index in [9.17, 15) is 5.11 Å². The van der Waals surface area contributed by atoms with Gasteiger partial charge < -0.3 is 5.11 Å². The third-order valence-electron chi connectivity index (χ3n) is 4.11. The third kappa shape index (κ3) is 1.91. The lowest BCUT2D eigenvalue weighted by atomic mass is 9.68. The van der Waals surface area contributed by atoms with Gasteiger partial charge in [-0.1, -0.05) is 66.2 Å². The molecule has 1 aliphatic carbocycles. The first-order chi connectivity index (χ1) is 9.26. The largest absolute Gasteiger partial charge is 0.395 e. The van der Waals surface area contributed by atoms with Crippen molar-refractivity contribution in [3.63, 3.8) is 0 Å². The molecule has 1 nitrogen and oxygen atoms in total. The lowest BCUT2D eigenvalue weighted by Crippen LogP contribution is -2.33. The summed E-state index contributed by atoms with van der Waals surface area (Å²) in [6, 6.07) is 16.9. The molecule has 0 saturated carbocycles. The van der Waals surface area contributed by atoms with Gasteiger partial charge in [-0.15, -0.1) is 0 Å². The van der Waals surface area contributed by atoms with E-state index in [2.05, 4.69) is 61.5 Å². The van der Waals surface area contributed by atoms with Crippen LogP contribution in [0, 0.1) is 6.92 Å². The van der Waals surface area contributed by atoms with Gasteiger partial charge >= 0.3 is 0 Å². The Hall–Kier alpha value is -1.86. The summed E-state index contributed by atoms with van der Waals surface area (Å²) in [6.45, 7) is 2.22. The average molecular weight is 250 g/mol. The van der Waals surface area contributed by atoms with Crippen LogP contribution >= 0.6 is 0 Å². The summed E-state index contributed by atoms with van der Waals surface area (Å²) in [5.41, 5.74) is 4.58. The Balaban J connectivity index is 2.19. The quantitative estimate of drug-likeness (QED) is 0.861. The minimum atomic E-state index is -0.293. The molecule has 0 aliphatic heterocycles. The predicted octanol–water partition coefficient (Wildman–Crippen LogP) is 3.69. The van der Waals surface area contributed by atoms with Crippen LogP contribution in [-0.2, 0) is 5.41 Å². The molecule has 0 bridgehead atoms. The topological polar surface area (TPSA) is 20.2 Å². The number of aryl methyl sites for hydroxylation is 1. The Morgan fingerprint density at radius 3 is 2.53 bits per heavy atom. The zero-order valence-corrected chi connectivity index (χ0v) is 11.1. The van der Waals surface area contributed by atoms with Crippen LogP contribution in [0.15, 0.2) is 54.6 Å². The van der Waals surface area contributed by atoms with Crippen molar-refractivity contribution in [2.75, 3.05) is 6.61 Å². The van der Waals surface area contributed by atoms with Crippen LogP contribution in [0.3, 0.4) is 0 Å². The van der Waals surface area contributed by atoms with Crippen molar-refractivity contribution in [3.8, 4) is 0 Å². The molecule has 0 radical (unpaired) electrons. The molecule has 3 rings (SSSR count). The Kier molecular flexibility index (Phi) is 3.00. The van der Waals surface area contributed by atoms with Crippen molar-refractivity contribution in [1.82, 2.24) is 0 Å². The summed E-state index contributed by atoms with van der Waals surface area (Å²) in [5, 5.41) is 10.1. The Morgan fingerprint density at radius 1 is 1.05 bits per heavy atom. The molecule has 19 heavy (non-hydrogen) atoms. The van der Waals surface area contributed by atoms with Crippen molar-refractivity contribution in [3.05, 3.63) is 76.9 Å². The Labute approximate surface area is 114 Å². The number of allylic oxidation sites excluding steroid dienone is 1. The molecule has 96 valence electrons. The van der Waals surface area contributed by atoms with Crippen LogP contribution in [0.25, 0.3) is 6.08 Å². The maximum atomic E-state index is 10.1. The zero-order valence-electron chi connectivity index (χ0n) is 11.1. The van der Waals surface area contributed by atoms with Crippen LogP contribution in [0.5, 0.6) is 0 Å². The highest BCUT2D eigenvalue weighted by Crippen LogP contribution is 2.41. The summed E-state index contributed by atoms with van der Waals surface area (Å²) in [5.74, 6) is 0. The van der Waals surface area contributed by atoms with E-state index in [1.165, 1.54) is 22.3 Å². The van der Waals surface area contributed by atoms with Crippen LogP contribution in [0.4, 0.5) is 0 Å². The zero-order chi connectivity index (χ0) is 13.3. The van der Waals surface area contributed by atoms with Gasteiger partial charge in [0.25, 0.3) is 0 Å². The van der Waals surface area contributed by atoms with Gasteiger partial charge in [0, 0.05) is 5.41 Å². The highest BCUT2D eigenvalue weighted by atomic mass is 16.3. The number of fused-ring (bicyclic) bond motifs is 1. The first-order valence-electron chi connectivity index (χ1n) is 6.70. The van der Waals surface area contributed by atoms with Crippen LogP contribution in [0.1, 0.15) is 28.7 Å². The van der Waals surface area contributed by atoms with Gasteiger partial charge in [-0.2, -0.15) is 0 Å². The SMILES string of the molecule is Cc1ccc([C@@]2(CO)CC=Cc3ccccc32)cc1. The minimum Gasteiger partial charge on any atom is -0.395 e. The molecule has 2 aromatic carbocycles. The lowest BCUT2D eigenvalue weighted by Gasteiger charge is -2.36. The van der Waals surface area contributed by atoms with Crippen LogP contribution in [-0.4, -0.2) is 11.7 Å². The van der Waals surface area contributed by atoms with Crippen molar-refractivity contribution in [2.45, 2.75) is 18.8 Å². The van der Waals surface area contributed by atoms with E-state index >= 15 is 0 Å². The summed E-state index contributed by atoms with van der Waals surface area (Å²) in [7, 11) is 0. The number of benzene rings is 2. The summed E-state index contributed by atoms with van der Waals surface area (Å²) in [4.78, 5) is 0. The molecular formula is C18H18O. The number of aliphatic hydroxyl groups is 1. The number of rotatable bonds is 2. The second kappa shape index (κ2) is 4.67. The van der Waals surface area contributed by atoms with Crippen LogP contribution in [0.2, 0.25) is 0 Å². The van der Waals surface area contributed by atoms with Gasteiger partial charge in [-0.25, -0.2) is 0 Å². The second-order valence-electron chi connectivity index (χ2n) is 5.30. The van der Waals surface area contributed by atoms with Crippen molar-refractivity contribution >= 4 is 6.08 Å². The van der Waals surface area contributed by atoms with Crippen LogP contribution < -0.4 is 0 Å². The Morgan fingerprint density at radius 2 is 1.79 bits per heavy atom. The van der Waals surface area contributed by atoms with Gasteiger partial charge in [0.05, 0.1) is 6.61 Å². The monoisotopic (exact) mass is 250 g/mol.